The van der Waals surface area contributed by atoms with E-state index in [9.17, 15) is 14.7 Å². The molecule has 0 aromatic carbocycles. The summed E-state index contributed by atoms with van der Waals surface area (Å²) in [4.78, 5) is 23.9. The smallest absolute Gasteiger partial charge is 0.309 e. The van der Waals surface area contributed by atoms with E-state index < -0.39 is 5.97 Å². The summed E-state index contributed by atoms with van der Waals surface area (Å²) in [7, 11) is 0. The molecular weight excluding hydrogens is 472 g/mol. The van der Waals surface area contributed by atoms with Gasteiger partial charge in [-0.2, -0.15) is 0 Å². The Morgan fingerprint density at radius 3 is 1.42 bits per heavy atom. The van der Waals surface area contributed by atoms with Crippen molar-refractivity contribution in [3.05, 3.63) is 0 Å². The molecule has 0 aromatic heterocycles. The first-order chi connectivity index (χ1) is 18.0. The van der Waals surface area contributed by atoms with Gasteiger partial charge in [0.2, 0.25) is 0 Å². The second-order valence-corrected chi connectivity index (χ2v) is 15.3. The highest BCUT2D eigenvalue weighted by atomic mass is 16.6. The van der Waals surface area contributed by atoms with Crippen molar-refractivity contribution in [2.45, 2.75) is 118 Å². The van der Waals surface area contributed by atoms with E-state index in [-0.39, 0.29) is 23.4 Å². The molecular formula is C34H56O4. The predicted octanol–water partition coefficient (Wildman–Crippen LogP) is 8.09. The van der Waals surface area contributed by atoms with Crippen LogP contribution in [0.1, 0.15) is 113 Å². The van der Waals surface area contributed by atoms with Crippen LogP contribution in [0.3, 0.4) is 0 Å². The molecule has 6 fully saturated rings. The van der Waals surface area contributed by atoms with Crippen molar-refractivity contribution in [3.8, 4) is 0 Å². The van der Waals surface area contributed by atoms with Crippen molar-refractivity contribution in [1.29, 1.82) is 0 Å². The second-order valence-electron chi connectivity index (χ2n) is 15.3. The molecule has 14 atom stereocenters. The molecule has 0 heterocycles. The maximum atomic E-state index is 12.6. The molecule has 0 amide bonds. The Hall–Kier alpha value is -1.06. The van der Waals surface area contributed by atoms with Gasteiger partial charge in [0.15, 0.2) is 0 Å². The summed E-state index contributed by atoms with van der Waals surface area (Å²) < 4.78 is 5.71. The molecule has 6 rings (SSSR count). The zero-order valence-corrected chi connectivity index (χ0v) is 25.3. The Morgan fingerprint density at radius 2 is 1.03 bits per heavy atom. The molecule has 4 heteroatoms. The highest BCUT2D eigenvalue weighted by Gasteiger charge is 2.62. The number of carboxylic acids is 1. The van der Waals surface area contributed by atoms with Crippen molar-refractivity contribution in [1.82, 2.24) is 0 Å². The molecule has 6 aliphatic rings. The molecule has 0 saturated heterocycles. The van der Waals surface area contributed by atoms with Gasteiger partial charge in [-0.05, 0) is 130 Å². The third kappa shape index (κ3) is 4.76. The largest absolute Gasteiger partial charge is 0.481 e. The Kier molecular flexibility index (Phi) is 8.04. The monoisotopic (exact) mass is 528 g/mol. The Balaban J connectivity index is 0.000000158. The maximum Gasteiger partial charge on any atom is 0.309 e. The van der Waals surface area contributed by atoms with Gasteiger partial charge in [-0.15, -0.1) is 0 Å². The van der Waals surface area contributed by atoms with E-state index in [1.165, 1.54) is 51.4 Å². The summed E-state index contributed by atoms with van der Waals surface area (Å²) >= 11 is 0. The van der Waals surface area contributed by atoms with Crippen molar-refractivity contribution in [2.75, 3.05) is 0 Å². The molecule has 216 valence electrons. The van der Waals surface area contributed by atoms with Crippen LogP contribution < -0.4 is 0 Å². The maximum absolute atomic E-state index is 12.6. The van der Waals surface area contributed by atoms with Gasteiger partial charge in [0.05, 0.1) is 11.8 Å². The van der Waals surface area contributed by atoms with Crippen LogP contribution in [0.5, 0.6) is 0 Å². The number of ether oxygens (including phenoxy) is 1. The number of carbonyl (C=O) groups is 2. The molecule has 1 N–H and O–H groups in total. The lowest BCUT2D eigenvalue weighted by Gasteiger charge is -2.35. The number of rotatable bonds is 6. The lowest BCUT2D eigenvalue weighted by atomic mass is 9.70. The Labute approximate surface area is 232 Å². The van der Waals surface area contributed by atoms with E-state index in [1.807, 2.05) is 20.8 Å². The van der Waals surface area contributed by atoms with Crippen LogP contribution in [0, 0.1) is 82.9 Å². The highest BCUT2D eigenvalue weighted by Crippen LogP contribution is 2.67. The number of carbonyl (C=O) groups excluding carboxylic acids is 1. The molecule has 0 aromatic rings. The minimum atomic E-state index is -0.522. The molecule has 4 nitrogen and oxygen atoms in total. The third-order valence-electron chi connectivity index (χ3n) is 12.8. The van der Waals surface area contributed by atoms with Crippen molar-refractivity contribution in [2.24, 2.45) is 82.9 Å². The van der Waals surface area contributed by atoms with Gasteiger partial charge in [0, 0.05) is 0 Å². The number of hydrogen-bond donors (Lipinski definition) is 1. The summed E-state index contributed by atoms with van der Waals surface area (Å²) in [5.41, 5.74) is -0.343. The lowest BCUT2D eigenvalue weighted by molar-refractivity contribution is -0.163. The molecule has 38 heavy (non-hydrogen) atoms. The molecule has 0 radical (unpaired) electrons. The van der Waals surface area contributed by atoms with Crippen LogP contribution in [0.4, 0.5) is 0 Å². The summed E-state index contributed by atoms with van der Waals surface area (Å²) in [6.07, 6.45) is 12.6. The minimum absolute atomic E-state index is 0.00842. The first-order valence-electron chi connectivity index (χ1n) is 16.5. The van der Waals surface area contributed by atoms with Crippen LogP contribution in [0.25, 0.3) is 0 Å². The molecule has 6 saturated carbocycles. The molecule has 4 bridgehead atoms. The van der Waals surface area contributed by atoms with E-state index in [1.54, 1.807) is 0 Å². The summed E-state index contributed by atoms with van der Waals surface area (Å²) in [6, 6.07) is 0. The average Bonchev–Trinajstić information content (AvgIpc) is 3.68. The van der Waals surface area contributed by atoms with Crippen LogP contribution in [-0.4, -0.2) is 22.6 Å². The summed E-state index contributed by atoms with van der Waals surface area (Å²) in [5.74, 6) is 9.31. The van der Waals surface area contributed by atoms with Gasteiger partial charge < -0.3 is 9.84 Å². The Bertz CT molecular complexity index is 874. The van der Waals surface area contributed by atoms with Crippen LogP contribution in [-0.2, 0) is 14.3 Å². The first-order valence-corrected chi connectivity index (χ1v) is 16.5. The van der Waals surface area contributed by atoms with Crippen molar-refractivity contribution in [3.63, 3.8) is 0 Å². The third-order valence-corrected chi connectivity index (χ3v) is 12.8. The fraction of sp³-hybridized carbons (Fsp3) is 0.941. The average molecular weight is 529 g/mol. The van der Waals surface area contributed by atoms with Gasteiger partial charge in [0.25, 0.3) is 0 Å². The van der Waals surface area contributed by atoms with E-state index in [0.29, 0.717) is 11.8 Å². The summed E-state index contributed by atoms with van der Waals surface area (Å²) in [6.45, 7) is 15.3. The van der Waals surface area contributed by atoms with Gasteiger partial charge >= 0.3 is 11.9 Å². The Morgan fingerprint density at radius 1 is 0.632 bits per heavy atom. The SMILES string of the molecule is CCC1CC(CC)C2C3CC(CC3C(=O)O)C12.CCC1CC(CC)C2C3CC(CC3C(=O)OC(C)(C)C)C12. The van der Waals surface area contributed by atoms with Gasteiger partial charge in [0.1, 0.15) is 5.60 Å². The van der Waals surface area contributed by atoms with E-state index in [2.05, 4.69) is 27.7 Å². The highest BCUT2D eigenvalue weighted by molar-refractivity contribution is 5.74. The number of hydrogen-bond acceptors (Lipinski definition) is 3. The standard InChI is InChI=1S/C19H32O2.C15H24O2/c1-6-11-8-12(7-2)17-14-9-13(16(11)17)10-15(14)18(20)21-19(3,4)5;1-3-8-5-9(4-2)14-11-6-10(13(8)14)7-12(11)15(16)17/h11-17H,6-10H2,1-5H3;8-14H,3-7H2,1-2H3,(H,16,17). The van der Waals surface area contributed by atoms with Crippen LogP contribution >= 0.6 is 0 Å². The molecule has 6 aliphatic carbocycles. The number of carboxylic acid groups (broad SMARTS) is 1. The number of aliphatic carboxylic acids is 1. The lowest BCUT2D eigenvalue weighted by Crippen LogP contribution is -2.37. The van der Waals surface area contributed by atoms with Crippen molar-refractivity contribution < 1.29 is 19.4 Å². The second kappa shape index (κ2) is 10.7. The molecule has 0 spiro atoms. The number of fused-ring (bicyclic) bond motifs is 10. The molecule has 0 aliphatic heterocycles. The number of esters is 1. The zero-order chi connectivity index (χ0) is 27.5. The van der Waals surface area contributed by atoms with Gasteiger partial charge in [-0.3, -0.25) is 9.59 Å². The van der Waals surface area contributed by atoms with E-state index in [0.717, 1.165) is 72.0 Å². The molecule has 14 unspecified atom stereocenters. The quantitative estimate of drug-likeness (QED) is 0.354. The van der Waals surface area contributed by atoms with Crippen LogP contribution in [0.15, 0.2) is 0 Å². The minimum Gasteiger partial charge on any atom is -0.481 e. The normalized spacial score (nSPS) is 48.0. The van der Waals surface area contributed by atoms with Crippen LogP contribution in [0.2, 0.25) is 0 Å². The van der Waals surface area contributed by atoms with Gasteiger partial charge in [-0.25, -0.2) is 0 Å². The van der Waals surface area contributed by atoms with Gasteiger partial charge in [-0.1, -0.05) is 53.4 Å². The van der Waals surface area contributed by atoms with E-state index >= 15 is 0 Å². The summed E-state index contributed by atoms with van der Waals surface area (Å²) in [5, 5.41) is 9.34. The fourth-order valence-electron chi connectivity index (χ4n) is 11.7. The van der Waals surface area contributed by atoms with Crippen molar-refractivity contribution >= 4 is 11.9 Å². The van der Waals surface area contributed by atoms with E-state index in [4.69, 9.17) is 4.74 Å². The zero-order valence-electron chi connectivity index (χ0n) is 25.3. The first kappa shape index (κ1) is 28.5. The topological polar surface area (TPSA) is 63.6 Å². The fourth-order valence-corrected chi connectivity index (χ4v) is 11.7. The predicted molar refractivity (Wildman–Crippen MR) is 151 cm³/mol.